The third-order valence-electron chi connectivity index (χ3n) is 4.36. The molecule has 0 fully saturated rings. The minimum atomic E-state index is -0.772. The molecule has 0 spiro atoms. The molecule has 1 heterocycles. The van der Waals surface area contributed by atoms with Crippen LogP contribution >= 0.6 is 11.6 Å². The zero-order valence-corrected chi connectivity index (χ0v) is 16.3. The fourth-order valence-corrected chi connectivity index (χ4v) is 3.03. The van der Waals surface area contributed by atoms with Crippen molar-refractivity contribution in [2.24, 2.45) is 0 Å². The van der Waals surface area contributed by atoms with Gasteiger partial charge in [-0.2, -0.15) is 0 Å². The Balaban J connectivity index is 1.45. The summed E-state index contributed by atoms with van der Waals surface area (Å²) in [5.74, 6) is 0.0297. The Hall–Kier alpha value is -2.63. The molecule has 6 heteroatoms. The highest BCUT2D eigenvalue weighted by atomic mass is 35.5. The quantitative estimate of drug-likeness (QED) is 0.493. The molecule has 2 aromatic carbocycles. The smallest absolute Gasteiger partial charge is 0.304 e. The predicted molar refractivity (Wildman–Crippen MR) is 111 cm³/mol. The average molecular weight is 399 g/mol. The lowest BCUT2D eigenvalue weighted by atomic mass is 10.1. The van der Waals surface area contributed by atoms with E-state index in [1.807, 2.05) is 42.5 Å². The molecular weight excluding hydrogens is 376 g/mol. The summed E-state index contributed by atoms with van der Waals surface area (Å²) in [4.78, 5) is 15.0. The Bertz CT molecular complexity index is 929. The van der Waals surface area contributed by atoms with Crippen molar-refractivity contribution < 1.29 is 14.6 Å². The van der Waals surface area contributed by atoms with Gasteiger partial charge in [-0.25, -0.2) is 4.98 Å². The lowest BCUT2D eigenvalue weighted by Crippen LogP contribution is -2.19. The van der Waals surface area contributed by atoms with E-state index < -0.39 is 5.97 Å². The van der Waals surface area contributed by atoms with E-state index in [1.54, 1.807) is 0 Å². The summed E-state index contributed by atoms with van der Waals surface area (Å²) in [7, 11) is 0. The van der Waals surface area contributed by atoms with Crippen LogP contribution in [0.25, 0.3) is 10.9 Å². The van der Waals surface area contributed by atoms with Crippen LogP contribution in [0.2, 0.25) is 5.02 Å². The van der Waals surface area contributed by atoms with Gasteiger partial charge < -0.3 is 15.2 Å². The fourth-order valence-electron chi connectivity index (χ4n) is 2.86. The van der Waals surface area contributed by atoms with Gasteiger partial charge in [-0.1, -0.05) is 35.9 Å². The summed E-state index contributed by atoms with van der Waals surface area (Å²) >= 11 is 6.03. The third-order valence-corrected chi connectivity index (χ3v) is 4.59. The van der Waals surface area contributed by atoms with Crippen molar-refractivity contribution in [2.45, 2.75) is 25.9 Å². The molecule has 0 saturated heterocycles. The molecule has 3 rings (SSSR count). The van der Waals surface area contributed by atoms with Crippen LogP contribution in [0.5, 0.6) is 5.75 Å². The van der Waals surface area contributed by atoms with Crippen LogP contribution in [0.1, 0.15) is 24.1 Å². The molecule has 5 nitrogen and oxygen atoms in total. The highest BCUT2D eigenvalue weighted by molar-refractivity contribution is 6.31. The number of halogens is 1. The second kappa shape index (κ2) is 10.1. The van der Waals surface area contributed by atoms with Crippen molar-refractivity contribution >= 4 is 28.5 Å². The molecule has 0 saturated carbocycles. The van der Waals surface area contributed by atoms with Gasteiger partial charge in [0.15, 0.2) is 0 Å². The molecule has 1 aromatic heterocycles. The molecule has 0 atom stereocenters. The Labute approximate surface area is 169 Å². The van der Waals surface area contributed by atoms with E-state index in [-0.39, 0.29) is 6.42 Å². The average Bonchev–Trinajstić information content (AvgIpc) is 2.69. The molecule has 0 aliphatic heterocycles. The van der Waals surface area contributed by atoms with Gasteiger partial charge in [-0.3, -0.25) is 4.79 Å². The topological polar surface area (TPSA) is 71.5 Å². The molecule has 0 aliphatic carbocycles. The molecule has 0 radical (unpaired) electrons. The van der Waals surface area contributed by atoms with E-state index in [4.69, 9.17) is 21.4 Å². The molecule has 0 bridgehead atoms. The summed E-state index contributed by atoms with van der Waals surface area (Å²) in [6, 6.07) is 17.7. The van der Waals surface area contributed by atoms with E-state index in [2.05, 4.69) is 22.4 Å². The zero-order valence-electron chi connectivity index (χ0n) is 15.5. The van der Waals surface area contributed by atoms with Crippen LogP contribution < -0.4 is 10.1 Å². The van der Waals surface area contributed by atoms with Crippen LogP contribution in [0.15, 0.2) is 54.6 Å². The van der Waals surface area contributed by atoms with Crippen molar-refractivity contribution in [3.8, 4) is 5.75 Å². The first-order valence-electron chi connectivity index (χ1n) is 9.29. The number of nitrogens with one attached hydrogen (secondary N) is 1. The second-order valence-electron chi connectivity index (χ2n) is 6.57. The van der Waals surface area contributed by atoms with Gasteiger partial charge in [0.05, 0.1) is 17.6 Å². The number of fused-ring (bicyclic) bond motifs is 1. The number of hydrogen-bond donors (Lipinski definition) is 2. The second-order valence-corrected chi connectivity index (χ2v) is 7.01. The number of aryl methyl sites for hydroxylation is 1. The number of aliphatic carboxylic acids is 1. The van der Waals surface area contributed by atoms with E-state index in [0.717, 1.165) is 41.7 Å². The standard InChI is InChI=1S/C22H23ClN2O3/c23-18-7-5-17-6-8-19(25-21(17)14-18)15-28-20-9-3-16(4-10-20)2-1-12-24-13-11-22(26)27/h3-10,14,24H,1-2,11-13,15H2,(H,26,27). The number of carboxylic acid groups (broad SMARTS) is 1. The molecule has 0 aliphatic rings. The Kier molecular flexibility index (Phi) is 7.23. The first-order valence-corrected chi connectivity index (χ1v) is 9.67. The maximum absolute atomic E-state index is 10.4. The molecular formula is C22H23ClN2O3. The number of benzene rings is 2. The zero-order chi connectivity index (χ0) is 19.8. The van der Waals surface area contributed by atoms with Gasteiger partial charge in [0.1, 0.15) is 12.4 Å². The van der Waals surface area contributed by atoms with E-state index >= 15 is 0 Å². The third kappa shape index (κ3) is 6.22. The Morgan fingerprint density at radius 3 is 2.64 bits per heavy atom. The predicted octanol–water partition coefficient (Wildman–Crippen LogP) is 4.46. The first kappa shape index (κ1) is 20.1. The Morgan fingerprint density at radius 1 is 1.07 bits per heavy atom. The number of hydrogen-bond acceptors (Lipinski definition) is 4. The molecule has 3 aromatic rings. The van der Waals surface area contributed by atoms with Crippen LogP contribution in [0.3, 0.4) is 0 Å². The van der Waals surface area contributed by atoms with Gasteiger partial charge in [-0.05, 0) is 55.3 Å². The molecule has 28 heavy (non-hydrogen) atoms. The van der Waals surface area contributed by atoms with Gasteiger partial charge in [0.25, 0.3) is 0 Å². The number of carbonyl (C=O) groups is 1. The van der Waals surface area contributed by atoms with Crippen molar-refractivity contribution in [3.05, 3.63) is 70.9 Å². The summed E-state index contributed by atoms with van der Waals surface area (Å²) in [6.07, 6.45) is 2.06. The van der Waals surface area contributed by atoms with Crippen molar-refractivity contribution in [1.29, 1.82) is 0 Å². The highest BCUT2D eigenvalue weighted by Crippen LogP contribution is 2.19. The van der Waals surface area contributed by atoms with E-state index in [1.165, 1.54) is 5.56 Å². The number of pyridine rings is 1. The van der Waals surface area contributed by atoms with Crippen LogP contribution in [0, 0.1) is 0 Å². The number of ether oxygens (including phenoxy) is 1. The lowest BCUT2D eigenvalue weighted by molar-refractivity contribution is -0.136. The summed E-state index contributed by atoms with van der Waals surface area (Å²) in [5.41, 5.74) is 2.94. The van der Waals surface area contributed by atoms with Gasteiger partial charge in [-0.15, -0.1) is 0 Å². The molecule has 2 N–H and O–H groups in total. The normalized spacial score (nSPS) is 10.9. The van der Waals surface area contributed by atoms with Crippen LogP contribution in [-0.4, -0.2) is 29.1 Å². The maximum Gasteiger partial charge on any atom is 0.304 e. The monoisotopic (exact) mass is 398 g/mol. The SMILES string of the molecule is O=C(O)CCNCCCc1ccc(OCc2ccc3ccc(Cl)cc3n2)cc1. The minimum absolute atomic E-state index is 0.158. The van der Waals surface area contributed by atoms with E-state index in [0.29, 0.717) is 18.2 Å². The van der Waals surface area contributed by atoms with Crippen molar-refractivity contribution in [3.63, 3.8) is 0 Å². The maximum atomic E-state index is 10.4. The highest BCUT2D eigenvalue weighted by Gasteiger charge is 2.02. The molecule has 0 amide bonds. The van der Waals surface area contributed by atoms with Crippen molar-refractivity contribution in [1.82, 2.24) is 10.3 Å². The van der Waals surface area contributed by atoms with Gasteiger partial charge >= 0.3 is 5.97 Å². The van der Waals surface area contributed by atoms with Gasteiger partial charge in [0, 0.05) is 17.0 Å². The summed E-state index contributed by atoms with van der Waals surface area (Å²) in [5, 5.41) is 13.4. The summed E-state index contributed by atoms with van der Waals surface area (Å²) in [6.45, 7) is 1.72. The Morgan fingerprint density at radius 2 is 1.86 bits per heavy atom. The lowest BCUT2D eigenvalue weighted by Gasteiger charge is -2.08. The molecule has 146 valence electrons. The first-order chi connectivity index (χ1) is 13.6. The summed E-state index contributed by atoms with van der Waals surface area (Å²) < 4.78 is 5.84. The number of rotatable bonds is 10. The minimum Gasteiger partial charge on any atom is -0.487 e. The largest absolute Gasteiger partial charge is 0.487 e. The van der Waals surface area contributed by atoms with Crippen LogP contribution in [-0.2, 0) is 17.8 Å². The van der Waals surface area contributed by atoms with Gasteiger partial charge in [0.2, 0.25) is 0 Å². The number of aromatic nitrogens is 1. The number of carboxylic acids is 1. The molecule has 0 unspecified atom stereocenters. The van der Waals surface area contributed by atoms with Crippen LogP contribution in [0.4, 0.5) is 0 Å². The number of nitrogens with zero attached hydrogens (tertiary/aromatic N) is 1. The fraction of sp³-hybridized carbons (Fsp3) is 0.273. The van der Waals surface area contributed by atoms with E-state index in [9.17, 15) is 4.79 Å². The van der Waals surface area contributed by atoms with Crippen molar-refractivity contribution in [2.75, 3.05) is 13.1 Å².